The summed E-state index contributed by atoms with van der Waals surface area (Å²) in [5.41, 5.74) is -2.03. The number of halogens is 3. The Morgan fingerprint density at radius 1 is 1.10 bits per heavy atom. The normalized spacial score (nSPS) is 12.7. The molecule has 1 aliphatic heterocycles. The number of carbonyl (C=O) groups is 1. The molecule has 0 radical (unpaired) electrons. The van der Waals surface area contributed by atoms with Crippen LogP contribution in [0.4, 0.5) is 18.9 Å². The van der Waals surface area contributed by atoms with Gasteiger partial charge in [-0.1, -0.05) is 12.1 Å². The van der Waals surface area contributed by atoms with E-state index in [2.05, 4.69) is 10.4 Å². The van der Waals surface area contributed by atoms with Crippen molar-refractivity contribution in [2.24, 2.45) is 0 Å². The van der Waals surface area contributed by atoms with E-state index in [0.29, 0.717) is 17.2 Å². The third kappa shape index (κ3) is 3.59. The summed E-state index contributed by atoms with van der Waals surface area (Å²) in [7, 11) is 0. The Morgan fingerprint density at radius 2 is 1.83 bits per heavy atom. The highest BCUT2D eigenvalue weighted by Crippen LogP contribution is 2.35. The summed E-state index contributed by atoms with van der Waals surface area (Å²) in [4.78, 5) is 25.0. The van der Waals surface area contributed by atoms with Crippen molar-refractivity contribution < 1.29 is 27.4 Å². The minimum Gasteiger partial charge on any atom is -0.454 e. The number of alkyl halides is 3. The number of aryl methyl sites for hydroxylation is 1. The van der Waals surface area contributed by atoms with Crippen molar-refractivity contribution in [1.29, 1.82) is 0 Å². The summed E-state index contributed by atoms with van der Waals surface area (Å²) in [6.45, 7) is 1.48. The Kier molecular flexibility index (Phi) is 4.69. The molecule has 0 fully saturated rings. The number of rotatable bonds is 3. The van der Waals surface area contributed by atoms with Crippen LogP contribution in [-0.4, -0.2) is 22.5 Å². The van der Waals surface area contributed by atoms with Crippen LogP contribution in [-0.2, 0) is 6.18 Å². The van der Waals surface area contributed by atoms with Gasteiger partial charge < -0.3 is 14.8 Å². The number of ether oxygens (including phenoxy) is 2. The van der Waals surface area contributed by atoms with Crippen molar-refractivity contribution in [3.63, 3.8) is 0 Å². The maximum Gasteiger partial charge on any atom is 0.418 e. The van der Waals surface area contributed by atoms with Gasteiger partial charge in [-0.2, -0.15) is 18.3 Å². The van der Waals surface area contributed by atoms with Crippen LogP contribution in [0.2, 0.25) is 0 Å². The first-order valence-corrected chi connectivity index (χ1v) is 8.72. The molecule has 0 atom stereocenters. The zero-order valence-corrected chi connectivity index (χ0v) is 15.5. The van der Waals surface area contributed by atoms with E-state index in [9.17, 15) is 22.8 Å². The fraction of sp³-hybridized carbons (Fsp3) is 0.150. The first-order valence-electron chi connectivity index (χ1n) is 8.72. The van der Waals surface area contributed by atoms with E-state index in [-0.39, 0.29) is 18.2 Å². The zero-order chi connectivity index (χ0) is 21.5. The molecule has 0 spiro atoms. The summed E-state index contributed by atoms with van der Waals surface area (Å²) in [5, 5.41) is 6.42. The lowest BCUT2D eigenvalue weighted by molar-refractivity contribution is -0.137. The Bertz CT molecular complexity index is 1200. The Balaban J connectivity index is 1.72. The molecule has 4 rings (SSSR count). The highest BCUT2D eigenvalue weighted by atomic mass is 19.4. The second-order valence-electron chi connectivity index (χ2n) is 6.45. The van der Waals surface area contributed by atoms with Crippen molar-refractivity contribution in [2.45, 2.75) is 13.1 Å². The van der Waals surface area contributed by atoms with Gasteiger partial charge in [0, 0.05) is 23.5 Å². The van der Waals surface area contributed by atoms with Gasteiger partial charge in [-0.05, 0) is 31.2 Å². The van der Waals surface area contributed by atoms with Gasteiger partial charge >= 0.3 is 6.18 Å². The smallest absolute Gasteiger partial charge is 0.418 e. The van der Waals surface area contributed by atoms with Crippen LogP contribution in [0.3, 0.4) is 0 Å². The van der Waals surface area contributed by atoms with Gasteiger partial charge in [0.05, 0.1) is 11.3 Å². The van der Waals surface area contributed by atoms with Crippen molar-refractivity contribution in [2.75, 3.05) is 12.1 Å². The predicted molar refractivity (Wildman–Crippen MR) is 100 cm³/mol. The summed E-state index contributed by atoms with van der Waals surface area (Å²) in [6.07, 6.45) is -4.64. The number of nitrogens with zero attached hydrogens (tertiary/aromatic N) is 2. The molecule has 7 nitrogen and oxygen atoms in total. The molecular formula is C20H14F3N3O4. The van der Waals surface area contributed by atoms with E-state index < -0.39 is 28.8 Å². The molecule has 1 aliphatic rings. The minimum absolute atomic E-state index is 0.0512. The van der Waals surface area contributed by atoms with Crippen molar-refractivity contribution >= 4 is 11.6 Å². The number of hydrogen-bond donors (Lipinski definition) is 1. The Hall–Kier alpha value is -3.82. The topological polar surface area (TPSA) is 82.5 Å². The van der Waals surface area contributed by atoms with Gasteiger partial charge in [0.15, 0.2) is 17.2 Å². The molecule has 0 saturated carbocycles. The average Bonchev–Trinajstić information content (AvgIpc) is 3.15. The van der Waals surface area contributed by atoms with Crippen molar-refractivity contribution in [3.05, 3.63) is 75.7 Å². The number of hydrogen-bond acceptors (Lipinski definition) is 5. The largest absolute Gasteiger partial charge is 0.454 e. The zero-order valence-electron chi connectivity index (χ0n) is 15.5. The van der Waals surface area contributed by atoms with E-state index in [0.717, 1.165) is 16.8 Å². The number of nitrogens with one attached hydrogen (secondary N) is 1. The SMILES string of the molecule is Cc1cc(=O)c(C(=O)Nc2ccc3c(c2)OCO3)nn1-c1ccccc1C(F)(F)F. The first kappa shape index (κ1) is 19.5. The molecule has 2 aromatic carbocycles. The molecule has 0 saturated heterocycles. The molecule has 1 amide bonds. The maximum atomic E-state index is 13.4. The fourth-order valence-electron chi connectivity index (χ4n) is 3.01. The van der Waals surface area contributed by atoms with Crippen LogP contribution < -0.4 is 20.2 Å². The highest BCUT2D eigenvalue weighted by molar-refractivity contribution is 6.02. The lowest BCUT2D eigenvalue weighted by Crippen LogP contribution is -2.27. The monoisotopic (exact) mass is 417 g/mol. The fourth-order valence-corrected chi connectivity index (χ4v) is 3.01. The minimum atomic E-state index is -4.64. The Labute approximate surface area is 167 Å². The van der Waals surface area contributed by atoms with Gasteiger partial charge in [0.25, 0.3) is 5.91 Å². The molecule has 2 heterocycles. The van der Waals surface area contributed by atoms with E-state index in [1.807, 2.05) is 0 Å². The summed E-state index contributed by atoms with van der Waals surface area (Å²) < 4.78 is 51.5. The molecule has 0 unspecified atom stereocenters. The van der Waals surface area contributed by atoms with Crippen LogP contribution in [0.5, 0.6) is 11.5 Å². The second-order valence-corrected chi connectivity index (χ2v) is 6.45. The molecule has 0 bridgehead atoms. The molecule has 1 aromatic heterocycles. The third-order valence-corrected chi connectivity index (χ3v) is 4.39. The third-order valence-electron chi connectivity index (χ3n) is 4.39. The number of benzene rings is 2. The highest BCUT2D eigenvalue weighted by Gasteiger charge is 2.34. The molecule has 0 aliphatic carbocycles. The molecule has 10 heteroatoms. The van der Waals surface area contributed by atoms with Crippen molar-refractivity contribution in [3.8, 4) is 17.2 Å². The molecule has 1 N–H and O–H groups in total. The van der Waals surface area contributed by atoms with E-state index in [1.165, 1.54) is 37.3 Å². The molecule has 3 aromatic rings. The standard InChI is InChI=1S/C20H14F3N3O4/c1-11-8-15(27)18(19(28)24-12-6-7-16-17(9-12)30-10-29-16)25-26(11)14-5-3-2-4-13(14)20(21,22)23/h2-9H,10H2,1H3,(H,24,28). The van der Waals surface area contributed by atoms with E-state index >= 15 is 0 Å². The number of aromatic nitrogens is 2. The number of para-hydroxylation sites is 1. The van der Waals surface area contributed by atoms with Gasteiger partial charge in [-0.15, -0.1) is 0 Å². The van der Waals surface area contributed by atoms with Gasteiger partial charge in [-0.25, -0.2) is 4.68 Å². The van der Waals surface area contributed by atoms with E-state index in [1.54, 1.807) is 6.07 Å². The molecule has 30 heavy (non-hydrogen) atoms. The molecule has 154 valence electrons. The van der Waals surface area contributed by atoms with Crippen LogP contribution in [0.1, 0.15) is 21.7 Å². The van der Waals surface area contributed by atoms with Gasteiger partial charge in [0.2, 0.25) is 12.2 Å². The predicted octanol–water partition coefficient (Wildman–Crippen LogP) is 3.54. The summed E-state index contributed by atoms with van der Waals surface area (Å²) in [5.74, 6) is 0.0610. The average molecular weight is 417 g/mol. The van der Waals surface area contributed by atoms with Gasteiger partial charge in [-0.3, -0.25) is 9.59 Å². The molecular weight excluding hydrogens is 403 g/mol. The van der Waals surface area contributed by atoms with Gasteiger partial charge in [0.1, 0.15) is 0 Å². The second kappa shape index (κ2) is 7.21. The lowest BCUT2D eigenvalue weighted by atomic mass is 10.1. The quantitative estimate of drug-likeness (QED) is 0.705. The first-order chi connectivity index (χ1) is 14.2. The maximum absolute atomic E-state index is 13.4. The number of anilines is 1. The lowest BCUT2D eigenvalue weighted by Gasteiger charge is -2.16. The number of amides is 1. The van der Waals surface area contributed by atoms with E-state index in [4.69, 9.17) is 9.47 Å². The van der Waals surface area contributed by atoms with Crippen LogP contribution >= 0.6 is 0 Å². The number of fused-ring (bicyclic) bond motifs is 1. The van der Waals surface area contributed by atoms with Crippen LogP contribution in [0.15, 0.2) is 53.3 Å². The van der Waals surface area contributed by atoms with Crippen molar-refractivity contribution in [1.82, 2.24) is 9.78 Å². The van der Waals surface area contributed by atoms with Crippen LogP contribution in [0.25, 0.3) is 5.69 Å². The Morgan fingerprint density at radius 3 is 2.60 bits per heavy atom. The number of carbonyl (C=O) groups excluding carboxylic acids is 1. The summed E-state index contributed by atoms with van der Waals surface area (Å²) >= 11 is 0. The van der Waals surface area contributed by atoms with Crippen LogP contribution in [0, 0.1) is 6.92 Å². The summed E-state index contributed by atoms with van der Waals surface area (Å²) in [6, 6.07) is 10.5.